The van der Waals surface area contributed by atoms with E-state index >= 15 is 0 Å². The Balaban J connectivity index is 2.17. The molecule has 1 saturated carbocycles. The molecule has 1 fully saturated rings. The number of phenols is 1. The van der Waals surface area contributed by atoms with E-state index < -0.39 is 0 Å². The number of rotatable bonds is 4. The van der Waals surface area contributed by atoms with Gasteiger partial charge in [0.25, 0.3) is 0 Å². The lowest BCUT2D eigenvalue weighted by atomic mass is 10.0. The molecule has 0 aromatic heterocycles. The molecule has 0 aliphatic heterocycles. The van der Waals surface area contributed by atoms with E-state index in [9.17, 15) is 5.11 Å². The molecule has 0 spiro atoms. The molecule has 1 aromatic carbocycles. The van der Waals surface area contributed by atoms with E-state index in [0.29, 0.717) is 5.75 Å². The Morgan fingerprint density at radius 1 is 1.53 bits per heavy atom. The fourth-order valence-electron chi connectivity index (χ4n) is 1.84. The number of benzene rings is 1. The van der Waals surface area contributed by atoms with Crippen molar-refractivity contribution in [3.63, 3.8) is 0 Å². The van der Waals surface area contributed by atoms with Crippen LogP contribution in [0.1, 0.15) is 30.9 Å². The minimum Gasteiger partial charge on any atom is -0.504 e. The number of para-hydroxylation sites is 1. The van der Waals surface area contributed by atoms with Crippen LogP contribution in [0.25, 0.3) is 0 Å². The van der Waals surface area contributed by atoms with Gasteiger partial charge in [-0.1, -0.05) is 25.0 Å². The number of nitrogens with two attached hydrogens (primary N) is 1. The highest BCUT2D eigenvalue weighted by Gasteiger charge is 2.26. The van der Waals surface area contributed by atoms with E-state index in [-0.39, 0.29) is 11.8 Å². The third kappa shape index (κ3) is 2.23. The van der Waals surface area contributed by atoms with Gasteiger partial charge in [-0.05, 0) is 18.4 Å². The van der Waals surface area contributed by atoms with E-state index in [1.165, 1.54) is 12.8 Å². The number of hydrogen-bond acceptors (Lipinski definition) is 3. The Bertz CT molecular complexity index is 347. The molecule has 3 nitrogen and oxygen atoms in total. The molecule has 1 atom stereocenters. The topological polar surface area (TPSA) is 55.5 Å². The average Bonchev–Trinajstić information content (AvgIpc) is 3.02. The van der Waals surface area contributed by atoms with Gasteiger partial charge in [-0.25, -0.2) is 0 Å². The lowest BCUT2D eigenvalue weighted by Gasteiger charge is -2.14. The molecule has 0 heterocycles. The summed E-state index contributed by atoms with van der Waals surface area (Å²) in [7, 11) is 1.55. The van der Waals surface area contributed by atoms with Crippen LogP contribution in [0.4, 0.5) is 0 Å². The van der Waals surface area contributed by atoms with Crippen molar-refractivity contribution in [1.29, 1.82) is 0 Å². The summed E-state index contributed by atoms with van der Waals surface area (Å²) in [5.74, 6) is 1.44. The molecular weight excluding hydrogens is 190 g/mol. The van der Waals surface area contributed by atoms with E-state index in [2.05, 4.69) is 0 Å². The first-order valence-electron chi connectivity index (χ1n) is 5.33. The molecule has 1 aromatic rings. The van der Waals surface area contributed by atoms with Crippen molar-refractivity contribution < 1.29 is 9.84 Å². The Kier molecular flexibility index (Phi) is 2.82. The zero-order valence-electron chi connectivity index (χ0n) is 8.94. The molecule has 1 aliphatic carbocycles. The lowest BCUT2D eigenvalue weighted by Crippen LogP contribution is -2.11. The van der Waals surface area contributed by atoms with Gasteiger partial charge in [-0.2, -0.15) is 0 Å². The standard InChI is InChI=1S/C12H17NO2/c1-15-11-4-2-3-9(12(11)14)10(13)7-8-5-6-8/h2-4,8,10,14H,5-7,13H2,1H3/t10-/m0/s1. The average molecular weight is 207 g/mol. The number of ether oxygens (including phenoxy) is 1. The van der Waals surface area contributed by atoms with Crippen molar-refractivity contribution in [2.45, 2.75) is 25.3 Å². The fourth-order valence-corrected chi connectivity index (χ4v) is 1.84. The van der Waals surface area contributed by atoms with Gasteiger partial charge in [0.1, 0.15) is 0 Å². The second-order valence-electron chi connectivity index (χ2n) is 4.18. The highest BCUT2D eigenvalue weighted by atomic mass is 16.5. The van der Waals surface area contributed by atoms with Crippen molar-refractivity contribution in [2.75, 3.05) is 7.11 Å². The second kappa shape index (κ2) is 4.11. The van der Waals surface area contributed by atoms with Crippen molar-refractivity contribution >= 4 is 0 Å². The van der Waals surface area contributed by atoms with Gasteiger partial charge in [-0.3, -0.25) is 0 Å². The predicted molar refractivity (Wildman–Crippen MR) is 58.9 cm³/mol. The number of aromatic hydroxyl groups is 1. The van der Waals surface area contributed by atoms with E-state index in [1.807, 2.05) is 12.1 Å². The first-order chi connectivity index (χ1) is 7.22. The quantitative estimate of drug-likeness (QED) is 0.795. The molecule has 15 heavy (non-hydrogen) atoms. The SMILES string of the molecule is COc1cccc([C@@H](N)CC2CC2)c1O. The Hall–Kier alpha value is -1.22. The van der Waals surface area contributed by atoms with Crippen LogP contribution in [-0.4, -0.2) is 12.2 Å². The van der Waals surface area contributed by atoms with Gasteiger partial charge in [0.05, 0.1) is 7.11 Å². The van der Waals surface area contributed by atoms with Gasteiger partial charge in [0.15, 0.2) is 11.5 Å². The van der Waals surface area contributed by atoms with Crippen LogP contribution >= 0.6 is 0 Å². The summed E-state index contributed by atoms with van der Waals surface area (Å²) in [6.45, 7) is 0. The van der Waals surface area contributed by atoms with E-state index in [4.69, 9.17) is 10.5 Å². The lowest BCUT2D eigenvalue weighted by molar-refractivity contribution is 0.367. The maximum Gasteiger partial charge on any atom is 0.162 e. The summed E-state index contributed by atoms with van der Waals surface area (Å²) in [6, 6.07) is 5.39. The Labute approximate surface area is 89.9 Å². The highest BCUT2D eigenvalue weighted by Crippen LogP contribution is 2.40. The maximum atomic E-state index is 9.89. The predicted octanol–water partition coefficient (Wildman–Crippen LogP) is 2.20. The largest absolute Gasteiger partial charge is 0.504 e. The smallest absolute Gasteiger partial charge is 0.162 e. The number of phenolic OH excluding ortho intramolecular Hbond substituents is 1. The first kappa shape index (κ1) is 10.3. The molecule has 3 N–H and O–H groups in total. The van der Waals surface area contributed by atoms with Crippen LogP contribution in [-0.2, 0) is 0 Å². The summed E-state index contributed by atoms with van der Waals surface area (Å²) in [5, 5.41) is 9.89. The molecule has 0 unspecified atom stereocenters. The minimum atomic E-state index is -0.0763. The second-order valence-corrected chi connectivity index (χ2v) is 4.18. The van der Waals surface area contributed by atoms with Crippen LogP contribution in [0, 0.1) is 5.92 Å². The normalized spacial score (nSPS) is 17.5. The third-order valence-corrected chi connectivity index (χ3v) is 2.93. The van der Waals surface area contributed by atoms with Gasteiger partial charge < -0.3 is 15.6 Å². The fraction of sp³-hybridized carbons (Fsp3) is 0.500. The molecule has 0 amide bonds. The molecule has 0 saturated heterocycles. The van der Waals surface area contributed by atoms with Crippen molar-refractivity contribution in [1.82, 2.24) is 0 Å². The van der Waals surface area contributed by atoms with Crippen molar-refractivity contribution in [3.05, 3.63) is 23.8 Å². The molecule has 82 valence electrons. The zero-order valence-corrected chi connectivity index (χ0v) is 8.94. The van der Waals surface area contributed by atoms with Crippen LogP contribution in [0.15, 0.2) is 18.2 Å². The molecular formula is C12H17NO2. The first-order valence-corrected chi connectivity index (χ1v) is 5.33. The van der Waals surface area contributed by atoms with Gasteiger partial charge >= 0.3 is 0 Å². The number of methoxy groups -OCH3 is 1. The third-order valence-electron chi connectivity index (χ3n) is 2.93. The van der Waals surface area contributed by atoms with Crippen molar-refractivity contribution in [3.8, 4) is 11.5 Å². The summed E-state index contributed by atoms with van der Waals surface area (Å²) >= 11 is 0. The van der Waals surface area contributed by atoms with E-state index in [0.717, 1.165) is 17.9 Å². The molecule has 1 aliphatic rings. The van der Waals surface area contributed by atoms with Crippen LogP contribution in [0.3, 0.4) is 0 Å². The molecule has 0 bridgehead atoms. The summed E-state index contributed by atoms with van der Waals surface area (Å²) < 4.78 is 5.05. The van der Waals surface area contributed by atoms with Crippen LogP contribution in [0.2, 0.25) is 0 Å². The Morgan fingerprint density at radius 3 is 2.87 bits per heavy atom. The van der Waals surface area contributed by atoms with Gasteiger partial charge in [-0.15, -0.1) is 0 Å². The summed E-state index contributed by atoms with van der Waals surface area (Å²) in [4.78, 5) is 0. The molecule has 2 rings (SSSR count). The van der Waals surface area contributed by atoms with Crippen molar-refractivity contribution in [2.24, 2.45) is 11.7 Å². The maximum absolute atomic E-state index is 9.89. The zero-order chi connectivity index (χ0) is 10.8. The molecule has 3 heteroatoms. The van der Waals surface area contributed by atoms with Gasteiger partial charge in [0.2, 0.25) is 0 Å². The summed E-state index contributed by atoms with van der Waals surface area (Å²) in [6.07, 6.45) is 3.51. The van der Waals surface area contributed by atoms with E-state index in [1.54, 1.807) is 13.2 Å². The molecule has 0 radical (unpaired) electrons. The Morgan fingerprint density at radius 2 is 2.27 bits per heavy atom. The van der Waals surface area contributed by atoms with Crippen LogP contribution in [0.5, 0.6) is 11.5 Å². The van der Waals surface area contributed by atoms with Crippen LogP contribution < -0.4 is 10.5 Å². The minimum absolute atomic E-state index is 0.0763. The monoisotopic (exact) mass is 207 g/mol. The highest BCUT2D eigenvalue weighted by molar-refractivity contribution is 5.46. The van der Waals surface area contributed by atoms with Gasteiger partial charge in [0, 0.05) is 11.6 Å². The number of hydrogen-bond donors (Lipinski definition) is 2. The summed E-state index contributed by atoms with van der Waals surface area (Å²) in [5.41, 5.74) is 6.84.